The number of benzene rings is 1. The smallest absolute Gasteiger partial charge is 0.152 e. The predicted octanol–water partition coefficient (Wildman–Crippen LogP) is 3.41. The Kier molecular flexibility index (Phi) is 4.14. The van der Waals surface area contributed by atoms with Crippen molar-refractivity contribution in [3.63, 3.8) is 0 Å². The van der Waals surface area contributed by atoms with E-state index in [0.717, 1.165) is 0 Å². The van der Waals surface area contributed by atoms with Gasteiger partial charge in [-0.2, -0.15) is 5.10 Å². The van der Waals surface area contributed by atoms with Crippen molar-refractivity contribution in [3.05, 3.63) is 41.0 Å². The summed E-state index contributed by atoms with van der Waals surface area (Å²) < 4.78 is 29.3. The van der Waals surface area contributed by atoms with Gasteiger partial charge >= 0.3 is 0 Å². The first-order valence-corrected chi connectivity index (χ1v) is 6.63. The Labute approximate surface area is 115 Å². The van der Waals surface area contributed by atoms with E-state index in [1.807, 2.05) is 13.8 Å². The Hall–Kier alpha value is -1.49. The van der Waals surface area contributed by atoms with Gasteiger partial charge in [-0.1, -0.05) is 13.8 Å². The lowest BCUT2D eigenvalue weighted by Gasteiger charge is -2.08. The van der Waals surface area contributed by atoms with E-state index in [-0.39, 0.29) is 11.6 Å². The molecule has 2 aromatic rings. The molecule has 0 amide bonds. The minimum atomic E-state index is -0.682. The number of nitrogens with zero attached hydrogens (tertiary/aromatic N) is 3. The number of halogens is 3. The minimum absolute atomic E-state index is 0.0618. The third-order valence-electron chi connectivity index (χ3n) is 2.79. The van der Waals surface area contributed by atoms with Crippen molar-refractivity contribution in [2.24, 2.45) is 0 Å². The van der Waals surface area contributed by atoms with E-state index in [4.69, 9.17) is 11.6 Å². The number of hydrogen-bond acceptors (Lipinski definition) is 2. The van der Waals surface area contributed by atoms with Crippen molar-refractivity contribution < 1.29 is 8.78 Å². The normalized spacial score (nSPS) is 11.0. The van der Waals surface area contributed by atoms with Gasteiger partial charge in [-0.15, -0.1) is 11.6 Å². The van der Waals surface area contributed by atoms with E-state index in [0.29, 0.717) is 30.1 Å². The monoisotopic (exact) mass is 285 g/mol. The standard InChI is InChI=1S/C13H14ClF2N3/c1-3-11-17-12(4-2)19(18-11)13-9(15)5-8(7-14)6-10(13)16/h5-6H,3-4,7H2,1-2H3. The Morgan fingerprint density at radius 2 is 1.79 bits per heavy atom. The molecule has 0 spiro atoms. The van der Waals surface area contributed by atoms with Gasteiger partial charge in [0, 0.05) is 18.7 Å². The fraction of sp³-hybridized carbons (Fsp3) is 0.385. The van der Waals surface area contributed by atoms with Crippen molar-refractivity contribution in [1.82, 2.24) is 14.8 Å². The average Bonchev–Trinajstić information content (AvgIpc) is 2.81. The molecule has 2 rings (SSSR count). The Balaban J connectivity index is 2.61. The molecule has 0 N–H and O–H groups in total. The van der Waals surface area contributed by atoms with Crippen LogP contribution < -0.4 is 0 Å². The molecule has 1 aromatic heterocycles. The quantitative estimate of drug-likeness (QED) is 0.806. The summed E-state index contributed by atoms with van der Waals surface area (Å²) in [6.45, 7) is 3.76. The van der Waals surface area contributed by atoms with Crippen molar-refractivity contribution in [2.75, 3.05) is 0 Å². The fourth-order valence-electron chi connectivity index (χ4n) is 1.85. The molecule has 1 heterocycles. The van der Waals surface area contributed by atoms with Crippen LogP contribution in [0.3, 0.4) is 0 Å². The summed E-state index contributed by atoms with van der Waals surface area (Å²) in [4.78, 5) is 4.24. The molecule has 0 radical (unpaired) electrons. The highest BCUT2D eigenvalue weighted by Gasteiger charge is 2.18. The van der Waals surface area contributed by atoms with Crippen LogP contribution in [-0.2, 0) is 18.7 Å². The van der Waals surface area contributed by atoms with E-state index >= 15 is 0 Å². The summed E-state index contributed by atoms with van der Waals surface area (Å²) in [7, 11) is 0. The number of rotatable bonds is 4. The molecule has 0 aliphatic carbocycles. The van der Waals surface area contributed by atoms with Gasteiger partial charge < -0.3 is 0 Å². The number of aryl methyl sites for hydroxylation is 2. The van der Waals surface area contributed by atoms with Crippen LogP contribution in [-0.4, -0.2) is 14.8 Å². The molecular formula is C13H14ClF2N3. The van der Waals surface area contributed by atoms with Crippen molar-refractivity contribution >= 4 is 11.6 Å². The van der Waals surface area contributed by atoms with Crippen LogP contribution >= 0.6 is 11.6 Å². The lowest BCUT2D eigenvalue weighted by molar-refractivity contribution is 0.552. The van der Waals surface area contributed by atoms with Gasteiger partial charge in [-0.3, -0.25) is 0 Å². The number of alkyl halides is 1. The molecule has 0 saturated carbocycles. The third kappa shape index (κ3) is 2.61. The third-order valence-corrected chi connectivity index (χ3v) is 3.10. The molecule has 102 valence electrons. The molecule has 3 nitrogen and oxygen atoms in total. The zero-order chi connectivity index (χ0) is 14.0. The van der Waals surface area contributed by atoms with Gasteiger partial charge in [-0.25, -0.2) is 18.4 Å². The van der Waals surface area contributed by atoms with Crippen LogP contribution in [0.2, 0.25) is 0 Å². The molecule has 0 fully saturated rings. The number of aromatic nitrogens is 3. The zero-order valence-corrected chi connectivity index (χ0v) is 11.5. The maximum absolute atomic E-state index is 14.0. The average molecular weight is 286 g/mol. The summed E-state index contributed by atoms with van der Waals surface area (Å²) >= 11 is 5.59. The highest BCUT2D eigenvalue weighted by atomic mass is 35.5. The first-order valence-electron chi connectivity index (χ1n) is 6.09. The van der Waals surface area contributed by atoms with Crippen molar-refractivity contribution in [2.45, 2.75) is 32.6 Å². The Bertz CT molecular complexity index is 573. The van der Waals surface area contributed by atoms with Gasteiger partial charge in [0.15, 0.2) is 17.5 Å². The van der Waals surface area contributed by atoms with E-state index in [1.54, 1.807) is 0 Å². The maximum Gasteiger partial charge on any atom is 0.152 e. The minimum Gasteiger partial charge on any atom is -0.216 e. The van der Waals surface area contributed by atoms with Crippen LogP contribution in [0.5, 0.6) is 0 Å². The van der Waals surface area contributed by atoms with E-state index in [9.17, 15) is 8.78 Å². The zero-order valence-electron chi connectivity index (χ0n) is 10.8. The SMILES string of the molecule is CCc1nc(CC)n(-c2c(F)cc(CCl)cc2F)n1. The van der Waals surface area contributed by atoms with Crippen LogP contribution in [0.25, 0.3) is 5.69 Å². The van der Waals surface area contributed by atoms with Crippen molar-refractivity contribution in [1.29, 1.82) is 0 Å². The topological polar surface area (TPSA) is 30.7 Å². The lowest BCUT2D eigenvalue weighted by Crippen LogP contribution is -2.08. The van der Waals surface area contributed by atoms with Gasteiger partial charge in [0.25, 0.3) is 0 Å². The van der Waals surface area contributed by atoms with Crippen LogP contribution in [0, 0.1) is 11.6 Å². The van der Waals surface area contributed by atoms with Crippen LogP contribution in [0.1, 0.15) is 31.1 Å². The summed E-state index contributed by atoms with van der Waals surface area (Å²) in [5.74, 6) is -0.201. The first-order chi connectivity index (χ1) is 9.10. The van der Waals surface area contributed by atoms with Gasteiger partial charge in [0.05, 0.1) is 0 Å². The second kappa shape index (κ2) is 5.65. The molecule has 0 aliphatic rings. The Morgan fingerprint density at radius 3 is 2.26 bits per heavy atom. The molecule has 0 aliphatic heterocycles. The van der Waals surface area contributed by atoms with E-state index in [1.165, 1.54) is 16.8 Å². The van der Waals surface area contributed by atoms with E-state index in [2.05, 4.69) is 10.1 Å². The highest BCUT2D eigenvalue weighted by molar-refractivity contribution is 6.17. The van der Waals surface area contributed by atoms with Gasteiger partial charge in [0.1, 0.15) is 11.5 Å². The second-order valence-corrected chi connectivity index (χ2v) is 4.37. The molecule has 1 aromatic carbocycles. The lowest BCUT2D eigenvalue weighted by atomic mass is 10.2. The second-order valence-electron chi connectivity index (χ2n) is 4.10. The first kappa shape index (κ1) is 13.9. The van der Waals surface area contributed by atoms with Gasteiger partial charge in [-0.05, 0) is 17.7 Å². The molecule has 19 heavy (non-hydrogen) atoms. The molecule has 0 saturated heterocycles. The Morgan fingerprint density at radius 1 is 1.16 bits per heavy atom. The summed E-state index contributed by atoms with van der Waals surface area (Å²) in [5, 5.41) is 4.14. The highest BCUT2D eigenvalue weighted by Crippen LogP contribution is 2.22. The molecule has 0 atom stereocenters. The summed E-state index contributed by atoms with van der Waals surface area (Å²) in [6, 6.07) is 2.44. The molecule has 6 heteroatoms. The molecule has 0 unspecified atom stereocenters. The largest absolute Gasteiger partial charge is 0.216 e. The summed E-state index contributed by atoms with van der Waals surface area (Å²) in [6.07, 6.45) is 1.16. The molecular weight excluding hydrogens is 272 g/mol. The van der Waals surface area contributed by atoms with Crippen LogP contribution in [0.4, 0.5) is 8.78 Å². The predicted molar refractivity (Wildman–Crippen MR) is 69.6 cm³/mol. The van der Waals surface area contributed by atoms with Crippen LogP contribution in [0.15, 0.2) is 12.1 Å². The number of hydrogen-bond donors (Lipinski definition) is 0. The fourth-order valence-corrected chi connectivity index (χ4v) is 2.00. The van der Waals surface area contributed by atoms with E-state index < -0.39 is 11.6 Å². The van der Waals surface area contributed by atoms with Crippen molar-refractivity contribution in [3.8, 4) is 5.69 Å². The summed E-state index contributed by atoms with van der Waals surface area (Å²) in [5.41, 5.74) is 0.201. The maximum atomic E-state index is 14.0. The van der Waals surface area contributed by atoms with Gasteiger partial charge in [0.2, 0.25) is 0 Å². The molecule has 0 bridgehead atoms.